The van der Waals surface area contributed by atoms with Crippen LogP contribution in [0.1, 0.15) is 126 Å². The Balaban J connectivity index is 1.37. The van der Waals surface area contributed by atoms with Gasteiger partial charge >= 0.3 is 5.97 Å². The van der Waals surface area contributed by atoms with Gasteiger partial charge < -0.3 is 4.74 Å². The van der Waals surface area contributed by atoms with Gasteiger partial charge in [0.2, 0.25) is 0 Å². The first-order valence-corrected chi connectivity index (χ1v) is 15.0. The van der Waals surface area contributed by atoms with E-state index in [1.807, 2.05) is 13.8 Å². The van der Waals surface area contributed by atoms with Gasteiger partial charge in [0.1, 0.15) is 11.9 Å². The van der Waals surface area contributed by atoms with Gasteiger partial charge in [-0.1, -0.05) is 48.5 Å². The lowest BCUT2D eigenvalue weighted by Gasteiger charge is -2.63. The van der Waals surface area contributed by atoms with E-state index in [1.165, 1.54) is 51.4 Å². The van der Waals surface area contributed by atoms with Crippen LogP contribution in [0, 0.1) is 56.7 Å². The van der Waals surface area contributed by atoms with Crippen LogP contribution in [0.4, 0.5) is 0 Å². The quantitative estimate of drug-likeness (QED) is 0.359. The molecule has 9 atom stereocenters. The van der Waals surface area contributed by atoms with Gasteiger partial charge in [0, 0.05) is 24.7 Å². The standard InChI is InChI=1S/C32H52O3/c1-20(2)24(34)10-9-21(3)23-13-15-30(8)26-12-11-25-28(5,6)27(35-22(4)33)14-16-31(25)19-32(26,31)18-17-29(23,30)7/h20-21,23,25-27H,9-19H2,1-8H3/t21-,23-,25?,26?,27+,29?,30+,31?,32?/m1/s1. The van der Waals surface area contributed by atoms with Gasteiger partial charge in [0.05, 0.1) is 0 Å². The van der Waals surface area contributed by atoms with Gasteiger partial charge in [-0.3, -0.25) is 9.59 Å². The van der Waals surface area contributed by atoms with Crippen molar-refractivity contribution >= 4 is 11.8 Å². The van der Waals surface area contributed by atoms with Crippen LogP contribution < -0.4 is 0 Å². The number of ketones is 1. The lowest BCUT2D eigenvalue weighted by molar-refractivity contribution is -0.181. The molecule has 5 fully saturated rings. The number of carbonyl (C=O) groups excluding carboxylic acids is 2. The molecule has 0 amide bonds. The topological polar surface area (TPSA) is 43.4 Å². The Labute approximate surface area is 214 Å². The van der Waals surface area contributed by atoms with E-state index in [1.54, 1.807) is 6.92 Å². The highest BCUT2D eigenvalue weighted by Gasteiger charge is 2.82. The van der Waals surface area contributed by atoms with E-state index in [4.69, 9.17) is 4.74 Å². The molecule has 35 heavy (non-hydrogen) atoms. The van der Waals surface area contributed by atoms with Gasteiger partial charge in [-0.2, -0.15) is 0 Å². The Kier molecular flexibility index (Phi) is 5.94. The average Bonchev–Trinajstić information content (AvgIpc) is 3.36. The summed E-state index contributed by atoms with van der Waals surface area (Å²) in [5.74, 6) is 3.43. The number of hydrogen-bond donors (Lipinski definition) is 0. The first kappa shape index (κ1) is 25.8. The van der Waals surface area contributed by atoms with Crippen molar-refractivity contribution in [2.75, 3.05) is 0 Å². The van der Waals surface area contributed by atoms with Crippen LogP contribution in [0.3, 0.4) is 0 Å². The fourth-order valence-electron chi connectivity index (χ4n) is 11.6. The molecule has 3 nitrogen and oxygen atoms in total. The highest BCUT2D eigenvalue weighted by Crippen LogP contribution is 2.89. The Morgan fingerprint density at radius 1 is 0.829 bits per heavy atom. The molecule has 198 valence electrons. The maximum Gasteiger partial charge on any atom is 0.302 e. The molecule has 0 heterocycles. The van der Waals surface area contributed by atoms with Crippen LogP contribution in [0.2, 0.25) is 0 Å². The van der Waals surface area contributed by atoms with E-state index in [-0.39, 0.29) is 23.4 Å². The predicted octanol–water partition coefficient (Wildman–Crippen LogP) is 8.00. The first-order chi connectivity index (χ1) is 16.3. The van der Waals surface area contributed by atoms with Crippen molar-refractivity contribution < 1.29 is 14.3 Å². The van der Waals surface area contributed by atoms with Crippen molar-refractivity contribution in [3.05, 3.63) is 0 Å². The van der Waals surface area contributed by atoms with E-state index >= 15 is 0 Å². The van der Waals surface area contributed by atoms with Gasteiger partial charge in [0.15, 0.2) is 0 Å². The van der Waals surface area contributed by atoms with Gasteiger partial charge in [-0.15, -0.1) is 0 Å². The highest BCUT2D eigenvalue weighted by atomic mass is 16.5. The van der Waals surface area contributed by atoms with Crippen molar-refractivity contribution in [3.63, 3.8) is 0 Å². The SMILES string of the molecule is CC(=O)O[C@H]1CCC23CC24CCC2(C)[C@@H]([C@H](C)CCC(=O)C(C)C)CC[C@@]2(C)C4CCC3C1(C)C. The molecule has 5 aliphatic carbocycles. The second kappa shape index (κ2) is 8.07. The van der Waals surface area contributed by atoms with Gasteiger partial charge in [0.25, 0.3) is 0 Å². The number of ether oxygens (including phenoxy) is 1. The van der Waals surface area contributed by atoms with Crippen molar-refractivity contribution in [1.29, 1.82) is 0 Å². The molecule has 5 aliphatic rings. The maximum absolute atomic E-state index is 12.4. The van der Waals surface area contributed by atoms with Crippen LogP contribution in [0.15, 0.2) is 0 Å². The minimum Gasteiger partial charge on any atom is -0.462 e. The Morgan fingerprint density at radius 2 is 1.49 bits per heavy atom. The Morgan fingerprint density at radius 3 is 2.14 bits per heavy atom. The van der Waals surface area contributed by atoms with Crippen LogP contribution in [0.25, 0.3) is 0 Å². The number of hydrogen-bond acceptors (Lipinski definition) is 3. The normalized spacial score (nSPS) is 48.3. The van der Waals surface area contributed by atoms with Gasteiger partial charge in [-0.25, -0.2) is 0 Å². The summed E-state index contributed by atoms with van der Waals surface area (Å²) in [5, 5.41) is 0. The molecule has 5 rings (SSSR count). The number of carbonyl (C=O) groups is 2. The predicted molar refractivity (Wildman–Crippen MR) is 141 cm³/mol. The molecule has 3 heteroatoms. The van der Waals surface area contributed by atoms with Crippen molar-refractivity contribution in [1.82, 2.24) is 0 Å². The van der Waals surface area contributed by atoms with Crippen LogP contribution in [-0.4, -0.2) is 17.9 Å². The van der Waals surface area contributed by atoms with Crippen molar-refractivity contribution in [2.24, 2.45) is 56.7 Å². The maximum atomic E-state index is 12.4. The lowest BCUT2D eigenvalue weighted by Crippen LogP contribution is -2.58. The number of Topliss-reactive ketones (excluding diaryl/α,β-unsaturated/α-hetero) is 1. The van der Waals surface area contributed by atoms with E-state index < -0.39 is 0 Å². The highest BCUT2D eigenvalue weighted by molar-refractivity contribution is 5.80. The fraction of sp³-hybridized carbons (Fsp3) is 0.938. The first-order valence-electron chi connectivity index (χ1n) is 15.0. The van der Waals surface area contributed by atoms with Gasteiger partial charge in [-0.05, 0) is 110 Å². The molecule has 0 N–H and O–H groups in total. The largest absolute Gasteiger partial charge is 0.462 e. The average molecular weight is 485 g/mol. The number of rotatable bonds is 6. The second-order valence-corrected chi connectivity index (χ2v) is 15.2. The van der Waals surface area contributed by atoms with Crippen molar-refractivity contribution in [2.45, 2.75) is 132 Å². The van der Waals surface area contributed by atoms with Crippen LogP contribution in [0.5, 0.6) is 0 Å². The molecule has 5 unspecified atom stereocenters. The summed E-state index contributed by atoms with van der Waals surface area (Å²) >= 11 is 0. The summed E-state index contributed by atoms with van der Waals surface area (Å²) in [4.78, 5) is 24.2. The van der Waals surface area contributed by atoms with E-state index in [2.05, 4.69) is 34.6 Å². The molecule has 0 bridgehead atoms. The minimum atomic E-state index is -0.111. The molecule has 0 saturated heterocycles. The smallest absolute Gasteiger partial charge is 0.302 e. The minimum absolute atomic E-state index is 0.0791. The van der Waals surface area contributed by atoms with E-state index in [0.29, 0.717) is 39.3 Å². The number of fused-ring (bicyclic) bond motifs is 2. The molecule has 0 aromatic carbocycles. The Bertz CT molecular complexity index is 889. The monoisotopic (exact) mass is 484 g/mol. The molecular formula is C32H52O3. The van der Waals surface area contributed by atoms with E-state index in [0.717, 1.165) is 31.1 Å². The Hall–Kier alpha value is -0.860. The molecule has 0 aliphatic heterocycles. The van der Waals surface area contributed by atoms with Crippen molar-refractivity contribution in [3.8, 4) is 0 Å². The molecule has 0 radical (unpaired) electrons. The second-order valence-electron chi connectivity index (χ2n) is 15.2. The molecule has 2 spiro atoms. The molecule has 0 aromatic rings. The summed E-state index contributed by atoms with van der Waals surface area (Å²) in [5.41, 5.74) is 1.94. The van der Waals surface area contributed by atoms with Crippen LogP contribution in [-0.2, 0) is 14.3 Å². The fourth-order valence-corrected chi connectivity index (χ4v) is 11.6. The third kappa shape index (κ3) is 3.34. The zero-order chi connectivity index (χ0) is 25.6. The van der Waals surface area contributed by atoms with Crippen LogP contribution >= 0.6 is 0 Å². The number of esters is 1. The molecule has 5 saturated carbocycles. The summed E-state index contributed by atoms with van der Waals surface area (Å²) in [6.45, 7) is 18.3. The third-order valence-corrected chi connectivity index (χ3v) is 13.6. The summed E-state index contributed by atoms with van der Waals surface area (Å²) in [6.07, 6.45) is 13.8. The molecule has 0 aromatic heterocycles. The third-order valence-electron chi connectivity index (χ3n) is 13.6. The lowest BCUT2D eigenvalue weighted by atomic mass is 9.41. The summed E-state index contributed by atoms with van der Waals surface area (Å²) < 4.78 is 5.89. The van der Waals surface area contributed by atoms with E-state index in [9.17, 15) is 9.59 Å². The zero-order valence-electron chi connectivity index (χ0n) is 24.0. The summed E-state index contributed by atoms with van der Waals surface area (Å²) in [6, 6.07) is 0. The zero-order valence-corrected chi connectivity index (χ0v) is 24.0. The summed E-state index contributed by atoms with van der Waals surface area (Å²) in [7, 11) is 0. The molecular weight excluding hydrogens is 432 g/mol.